The molecular formula is C17H36N2O. The minimum Gasteiger partial charge on any atom is -0.394 e. The molecule has 1 atom stereocenters. The quantitative estimate of drug-likeness (QED) is 0.683. The molecule has 1 aliphatic heterocycles. The predicted octanol–water partition coefficient (Wildman–Crippen LogP) is 3.03. The van der Waals surface area contributed by atoms with E-state index in [4.69, 9.17) is 0 Å². The normalized spacial score (nSPS) is 21.3. The lowest BCUT2D eigenvalue weighted by atomic mass is 9.91. The van der Waals surface area contributed by atoms with Crippen molar-refractivity contribution in [1.82, 2.24) is 10.2 Å². The highest BCUT2D eigenvalue weighted by Crippen LogP contribution is 2.22. The van der Waals surface area contributed by atoms with Crippen molar-refractivity contribution in [3.8, 4) is 0 Å². The van der Waals surface area contributed by atoms with Crippen molar-refractivity contribution in [2.45, 2.75) is 77.8 Å². The van der Waals surface area contributed by atoms with E-state index < -0.39 is 0 Å². The molecule has 1 saturated heterocycles. The monoisotopic (exact) mass is 284 g/mol. The van der Waals surface area contributed by atoms with Crippen LogP contribution in [0.1, 0.15) is 66.2 Å². The fraction of sp³-hybridized carbons (Fsp3) is 1.00. The van der Waals surface area contributed by atoms with E-state index in [-0.39, 0.29) is 12.1 Å². The molecule has 1 unspecified atom stereocenters. The average Bonchev–Trinajstić information content (AvgIpc) is 2.40. The lowest BCUT2D eigenvalue weighted by Gasteiger charge is -2.34. The summed E-state index contributed by atoms with van der Waals surface area (Å²) in [6.45, 7) is 12.7. The van der Waals surface area contributed by atoms with E-state index in [1.54, 1.807) is 0 Å². The van der Waals surface area contributed by atoms with Crippen LogP contribution in [0.25, 0.3) is 0 Å². The molecule has 0 aromatic rings. The number of rotatable bonds is 9. The van der Waals surface area contributed by atoms with E-state index in [2.05, 4.69) is 37.9 Å². The number of aliphatic hydroxyl groups excluding tert-OH is 1. The Morgan fingerprint density at radius 2 is 1.95 bits per heavy atom. The summed E-state index contributed by atoms with van der Waals surface area (Å²) >= 11 is 0. The molecule has 3 nitrogen and oxygen atoms in total. The van der Waals surface area contributed by atoms with Crippen molar-refractivity contribution in [2.24, 2.45) is 5.92 Å². The summed E-state index contributed by atoms with van der Waals surface area (Å²) in [5, 5.41) is 13.1. The predicted molar refractivity (Wildman–Crippen MR) is 87.1 cm³/mol. The second-order valence-electron chi connectivity index (χ2n) is 7.20. The van der Waals surface area contributed by atoms with Crippen LogP contribution in [0.3, 0.4) is 0 Å². The summed E-state index contributed by atoms with van der Waals surface area (Å²) in [7, 11) is 0. The van der Waals surface area contributed by atoms with Gasteiger partial charge in [0.15, 0.2) is 0 Å². The fourth-order valence-electron chi connectivity index (χ4n) is 3.49. The van der Waals surface area contributed by atoms with Crippen LogP contribution < -0.4 is 5.32 Å². The molecular weight excluding hydrogens is 248 g/mol. The van der Waals surface area contributed by atoms with Gasteiger partial charge >= 0.3 is 0 Å². The summed E-state index contributed by atoms with van der Waals surface area (Å²) < 4.78 is 0. The number of aliphatic hydroxyl groups is 1. The number of nitrogens with one attached hydrogen (secondary N) is 1. The van der Waals surface area contributed by atoms with Gasteiger partial charge in [0.05, 0.1) is 6.61 Å². The zero-order valence-electron chi connectivity index (χ0n) is 14.1. The van der Waals surface area contributed by atoms with Crippen LogP contribution in [0.4, 0.5) is 0 Å². The van der Waals surface area contributed by atoms with E-state index in [1.807, 2.05) is 0 Å². The lowest BCUT2D eigenvalue weighted by molar-refractivity contribution is 0.137. The number of piperidine rings is 1. The molecule has 0 aromatic heterocycles. The van der Waals surface area contributed by atoms with E-state index in [1.165, 1.54) is 51.7 Å². The molecule has 0 spiro atoms. The summed E-state index contributed by atoms with van der Waals surface area (Å²) in [6, 6.07) is 0.428. The van der Waals surface area contributed by atoms with Gasteiger partial charge in [0.25, 0.3) is 0 Å². The second kappa shape index (κ2) is 9.01. The van der Waals surface area contributed by atoms with Gasteiger partial charge in [0, 0.05) is 11.6 Å². The number of likely N-dealkylation sites (tertiary alicyclic amines) is 1. The Hall–Kier alpha value is -0.120. The van der Waals surface area contributed by atoms with Gasteiger partial charge in [-0.05, 0) is 58.2 Å². The van der Waals surface area contributed by atoms with Crippen LogP contribution in [0.2, 0.25) is 0 Å². The standard InChI is InChI=1S/C17H36N2O/c1-5-7-16-8-12-19(13-9-16)11-6-10-17(4,14-20)18-15(2)3/h15-16,18,20H,5-14H2,1-4H3. The third-order valence-corrected chi connectivity index (χ3v) is 4.59. The van der Waals surface area contributed by atoms with Crippen LogP contribution in [-0.4, -0.2) is 47.8 Å². The van der Waals surface area contributed by atoms with Crippen LogP contribution in [0, 0.1) is 5.92 Å². The average molecular weight is 284 g/mol. The van der Waals surface area contributed by atoms with Crippen molar-refractivity contribution >= 4 is 0 Å². The van der Waals surface area contributed by atoms with Gasteiger partial charge < -0.3 is 15.3 Å². The second-order valence-corrected chi connectivity index (χ2v) is 7.20. The molecule has 1 aliphatic rings. The highest BCUT2D eigenvalue weighted by atomic mass is 16.3. The number of hydrogen-bond acceptors (Lipinski definition) is 3. The Kier molecular flexibility index (Phi) is 8.08. The minimum atomic E-state index is -0.116. The zero-order valence-corrected chi connectivity index (χ0v) is 14.1. The summed E-state index contributed by atoms with van der Waals surface area (Å²) in [5.41, 5.74) is -0.116. The third-order valence-electron chi connectivity index (χ3n) is 4.59. The maximum Gasteiger partial charge on any atom is 0.0610 e. The molecule has 0 aromatic carbocycles. The van der Waals surface area contributed by atoms with E-state index >= 15 is 0 Å². The molecule has 0 aliphatic carbocycles. The first-order valence-corrected chi connectivity index (χ1v) is 8.60. The Labute approximate surface area is 126 Å². The minimum absolute atomic E-state index is 0.116. The van der Waals surface area contributed by atoms with Crippen molar-refractivity contribution < 1.29 is 5.11 Å². The molecule has 2 N–H and O–H groups in total. The Balaban J connectivity index is 2.20. The Morgan fingerprint density at radius 1 is 1.30 bits per heavy atom. The third kappa shape index (κ3) is 6.55. The SMILES string of the molecule is CCCC1CCN(CCCC(C)(CO)NC(C)C)CC1. The molecule has 1 rings (SSSR count). The first kappa shape index (κ1) is 17.9. The highest BCUT2D eigenvalue weighted by molar-refractivity contribution is 4.84. The smallest absolute Gasteiger partial charge is 0.0610 e. The van der Waals surface area contributed by atoms with Gasteiger partial charge in [-0.25, -0.2) is 0 Å². The van der Waals surface area contributed by atoms with Gasteiger partial charge in [-0.15, -0.1) is 0 Å². The van der Waals surface area contributed by atoms with Crippen molar-refractivity contribution in [3.05, 3.63) is 0 Å². The van der Waals surface area contributed by atoms with Crippen molar-refractivity contribution in [3.63, 3.8) is 0 Å². The summed E-state index contributed by atoms with van der Waals surface area (Å²) in [5.74, 6) is 0.974. The van der Waals surface area contributed by atoms with Crippen molar-refractivity contribution in [2.75, 3.05) is 26.2 Å². The molecule has 1 heterocycles. The van der Waals surface area contributed by atoms with Gasteiger partial charge in [0.2, 0.25) is 0 Å². The first-order chi connectivity index (χ1) is 9.49. The molecule has 120 valence electrons. The maximum atomic E-state index is 9.59. The summed E-state index contributed by atoms with van der Waals surface area (Å²) in [4.78, 5) is 2.61. The maximum absolute atomic E-state index is 9.59. The van der Waals surface area contributed by atoms with Gasteiger partial charge in [-0.2, -0.15) is 0 Å². The molecule has 0 bridgehead atoms. The lowest BCUT2D eigenvalue weighted by Crippen LogP contribution is -2.49. The van der Waals surface area contributed by atoms with E-state index in [0.717, 1.165) is 12.3 Å². The molecule has 0 saturated carbocycles. The molecule has 0 radical (unpaired) electrons. The zero-order chi connectivity index (χ0) is 15.0. The Morgan fingerprint density at radius 3 is 2.45 bits per heavy atom. The Bertz CT molecular complexity index is 249. The van der Waals surface area contributed by atoms with Crippen LogP contribution in [0.5, 0.6) is 0 Å². The van der Waals surface area contributed by atoms with Crippen LogP contribution in [-0.2, 0) is 0 Å². The first-order valence-electron chi connectivity index (χ1n) is 8.60. The molecule has 3 heteroatoms. The molecule has 1 fully saturated rings. The van der Waals surface area contributed by atoms with E-state index in [0.29, 0.717) is 6.04 Å². The van der Waals surface area contributed by atoms with Gasteiger partial charge in [-0.3, -0.25) is 0 Å². The van der Waals surface area contributed by atoms with Gasteiger partial charge in [-0.1, -0.05) is 33.6 Å². The number of nitrogens with zero attached hydrogens (tertiary/aromatic N) is 1. The highest BCUT2D eigenvalue weighted by Gasteiger charge is 2.24. The topological polar surface area (TPSA) is 35.5 Å². The van der Waals surface area contributed by atoms with Crippen LogP contribution >= 0.6 is 0 Å². The molecule has 0 amide bonds. The van der Waals surface area contributed by atoms with Crippen LogP contribution in [0.15, 0.2) is 0 Å². The summed E-state index contributed by atoms with van der Waals surface area (Å²) in [6.07, 6.45) is 7.74. The molecule has 20 heavy (non-hydrogen) atoms. The largest absolute Gasteiger partial charge is 0.394 e. The number of hydrogen-bond donors (Lipinski definition) is 2. The van der Waals surface area contributed by atoms with Gasteiger partial charge in [0.1, 0.15) is 0 Å². The fourth-order valence-corrected chi connectivity index (χ4v) is 3.49. The van der Waals surface area contributed by atoms with E-state index in [9.17, 15) is 5.11 Å². The van der Waals surface area contributed by atoms with Crippen molar-refractivity contribution in [1.29, 1.82) is 0 Å².